The standard InChI is InChI=1S/C11H10N6O4/c12-5-7(11(13)14)16-15-6-3-9-10(21-2-1-20-9)4-8(6)17(18)19/h3-4,15H,1-2H2,(H3,13,14)/b16-7+. The molecule has 0 unspecified atom stereocenters. The lowest BCUT2D eigenvalue weighted by atomic mass is 10.2. The molecule has 0 amide bonds. The Bertz CT molecular complexity index is 678. The van der Waals surface area contributed by atoms with Gasteiger partial charge in [-0.3, -0.25) is 20.9 Å². The Balaban J connectivity index is 2.40. The topological polar surface area (TPSA) is 160 Å². The van der Waals surface area contributed by atoms with Crippen LogP contribution in [0.25, 0.3) is 0 Å². The van der Waals surface area contributed by atoms with E-state index in [1.807, 2.05) is 0 Å². The van der Waals surface area contributed by atoms with Gasteiger partial charge in [-0.15, -0.1) is 0 Å². The van der Waals surface area contributed by atoms with Crippen molar-refractivity contribution in [1.29, 1.82) is 10.7 Å². The Labute approximate surface area is 118 Å². The second-order valence-electron chi connectivity index (χ2n) is 3.87. The maximum atomic E-state index is 11.0. The first-order valence-electron chi connectivity index (χ1n) is 5.69. The van der Waals surface area contributed by atoms with E-state index in [1.165, 1.54) is 12.1 Å². The molecular weight excluding hydrogens is 280 g/mol. The molecule has 0 atom stereocenters. The summed E-state index contributed by atoms with van der Waals surface area (Å²) < 4.78 is 10.6. The highest BCUT2D eigenvalue weighted by Gasteiger charge is 2.22. The van der Waals surface area contributed by atoms with Crippen LogP contribution in [0.1, 0.15) is 0 Å². The van der Waals surface area contributed by atoms with Crippen LogP contribution in [-0.4, -0.2) is 29.7 Å². The Morgan fingerprint density at radius 2 is 2.10 bits per heavy atom. The van der Waals surface area contributed by atoms with Crippen molar-refractivity contribution < 1.29 is 14.4 Å². The van der Waals surface area contributed by atoms with Crippen LogP contribution in [0.5, 0.6) is 11.5 Å². The number of benzene rings is 1. The SMILES string of the molecule is N#C/C(=N\Nc1cc2c(cc1[N+](=O)[O-])OCCO2)C(=N)N. The van der Waals surface area contributed by atoms with Gasteiger partial charge in [0.15, 0.2) is 17.3 Å². The number of nitro benzene ring substituents is 1. The zero-order valence-corrected chi connectivity index (χ0v) is 10.6. The summed E-state index contributed by atoms with van der Waals surface area (Å²) in [6, 6.07) is 4.13. The largest absolute Gasteiger partial charge is 0.486 e. The van der Waals surface area contributed by atoms with Crippen molar-refractivity contribution in [3.05, 3.63) is 22.2 Å². The molecule has 1 aromatic carbocycles. The molecule has 0 bridgehead atoms. The molecular formula is C11H10N6O4. The van der Waals surface area contributed by atoms with Gasteiger partial charge in [0.25, 0.3) is 5.69 Å². The number of fused-ring (bicyclic) bond motifs is 1. The fraction of sp³-hybridized carbons (Fsp3) is 0.182. The maximum absolute atomic E-state index is 11.0. The average molecular weight is 290 g/mol. The number of hydrogen-bond acceptors (Lipinski definition) is 8. The van der Waals surface area contributed by atoms with Gasteiger partial charge < -0.3 is 15.2 Å². The summed E-state index contributed by atoms with van der Waals surface area (Å²) >= 11 is 0. The lowest BCUT2D eigenvalue weighted by molar-refractivity contribution is -0.384. The number of nitrogens with one attached hydrogen (secondary N) is 2. The third kappa shape index (κ3) is 2.98. The summed E-state index contributed by atoms with van der Waals surface area (Å²) in [5, 5.41) is 30.4. The molecule has 4 N–H and O–H groups in total. The predicted molar refractivity (Wildman–Crippen MR) is 72.7 cm³/mol. The molecule has 0 aliphatic carbocycles. The van der Waals surface area contributed by atoms with E-state index in [0.717, 1.165) is 0 Å². The van der Waals surface area contributed by atoms with Gasteiger partial charge in [0.1, 0.15) is 25.0 Å². The zero-order valence-electron chi connectivity index (χ0n) is 10.6. The van der Waals surface area contributed by atoms with Crippen LogP contribution in [0.2, 0.25) is 0 Å². The van der Waals surface area contributed by atoms with E-state index in [-0.39, 0.29) is 22.8 Å². The summed E-state index contributed by atoms with van der Waals surface area (Å²) in [5.74, 6) is 0.0330. The third-order valence-electron chi connectivity index (χ3n) is 2.51. The summed E-state index contributed by atoms with van der Waals surface area (Å²) in [7, 11) is 0. The van der Waals surface area contributed by atoms with Crippen LogP contribution in [0, 0.1) is 26.9 Å². The minimum absolute atomic E-state index is 0.00162. The smallest absolute Gasteiger partial charge is 0.298 e. The molecule has 0 radical (unpaired) electrons. The van der Waals surface area contributed by atoms with Gasteiger partial charge in [-0.2, -0.15) is 10.4 Å². The quantitative estimate of drug-likeness (QED) is 0.316. The highest BCUT2D eigenvalue weighted by atomic mass is 16.6. The number of nitro groups is 1. The van der Waals surface area contributed by atoms with Gasteiger partial charge in [-0.25, -0.2) is 0 Å². The van der Waals surface area contributed by atoms with Crippen molar-refractivity contribution in [3.8, 4) is 17.6 Å². The number of ether oxygens (including phenoxy) is 2. The zero-order chi connectivity index (χ0) is 15.4. The van der Waals surface area contributed by atoms with Gasteiger partial charge in [-0.05, 0) is 0 Å². The minimum atomic E-state index is -0.629. The molecule has 1 aliphatic heterocycles. The number of amidine groups is 1. The number of anilines is 1. The molecule has 108 valence electrons. The van der Waals surface area contributed by atoms with Crippen molar-refractivity contribution in [1.82, 2.24) is 0 Å². The van der Waals surface area contributed by atoms with Crippen LogP contribution < -0.4 is 20.6 Å². The lowest BCUT2D eigenvalue weighted by Gasteiger charge is -2.18. The average Bonchev–Trinajstić information content (AvgIpc) is 2.46. The number of rotatable bonds is 4. The molecule has 0 aromatic heterocycles. The molecule has 1 aliphatic rings. The first-order chi connectivity index (χ1) is 10.0. The fourth-order valence-electron chi connectivity index (χ4n) is 1.58. The predicted octanol–water partition coefficient (Wildman–Crippen LogP) is 0.593. The van der Waals surface area contributed by atoms with Crippen LogP contribution in [0.3, 0.4) is 0 Å². The molecule has 0 fully saturated rings. The Morgan fingerprint density at radius 3 is 2.62 bits per heavy atom. The normalized spacial score (nSPS) is 13.2. The Hall–Kier alpha value is -3.35. The van der Waals surface area contributed by atoms with Crippen LogP contribution in [-0.2, 0) is 0 Å². The van der Waals surface area contributed by atoms with Crippen LogP contribution >= 0.6 is 0 Å². The Kier molecular flexibility index (Phi) is 3.85. The second-order valence-corrected chi connectivity index (χ2v) is 3.87. The minimum Gasteiger partial charge on any atom is -0.486 e. The van der Waals surface area contributed by atoms with E-state index in [0.29, 0.717) is 19.0 Å². The molecule has 1 heterocycles. The highest BCUT2D eigenvalue weighted by Crippen LogP contribution is 2.39. The van der Waals surface area contributed by atoms with Gasteiger partial charge in [-0.1, -0.05) is 0 Å². The maximum Gasteiger partial charge on any atom is 0.298 e. The van der Waals surface area contributed by atoms with Gasteiger partial charge in [0.05, 0.1) is 11.0 Å². The molecule has 0 saturated heterocycles. The number of hydrogen-bond donors (Lipinski definition) is 3. The second kappa shape index (κ2) is 5.74. The van der Waals surface area contributed by atoms with E-state index in [1.54, 1.807) is 6.07 Å². The van der Waals surface area contributed by atoms with Crippen molar-refractivity contribution in [2.24, 2.45) is 10.8 Å². The van der Waals surface area contributed by atoms with Crippen molar-refractivity contribution >= 4 is 22.9 Å². The van der Waals surface area contributed by atoms with Gasteiger partial charge >= 0.3 is 0 Å². The van der Waals surface area contributed by atoms with Crippen LogP contribution in [0.15, 0.2) is 17.2 Å². The number of hydrazone groups is 1. The number of nitrogens with two attached hydrogens (primary N) is 1. The molecule has 0 spiro atoms. The van der Waals surface area contributed by atoms with E-state index >= 15 is 0 Å². The first kappa shape index (κ1) is 14.1. The molecule has 10 heteroatoms. The van der Waals surface area contributed by atoms with Crippen molar-refractivity contribution in [2.45, 2.75) is 0 Å². The Morgan fingerprint density at radius 1 is 1.48 bits per heavy atom. The summed E-state index contributed by atoms with van der Waals surface area (Å²) in [4.78, 5) is 10.4. The molecule has 21 heavy (non-hydrogen) atoms. The van der Waals surface area contributed by atoms with E-state index in [9.17, 15) is 10.1 Å². The number of nitriles is 1. The summed E-state index contributed by atoms with van der Waals surface area (Å²) in [6.07, 6.45) is 0. The van der Waals surface area contributed by atoms with Gasteiger partial charge in [0, 0.05) is 6.07 Å². The third-order valence-corrected chi connectivity index (χ3v) is 2.51. The first-order valence-corrected chi connectivity index (χ1v) is 5.69. The van der Waals surface area contributed by atoms with E-state index in [2.05, 4.69) is 10.5 Å². The monoisotopic (exact) mass is 290 g/mol. The fourth-order valence-corrected chi connectivity index (χ4v) is 1.58. The van der Waals surface area contributed by atoms with Crippen molar-refractivity contribution in [2.75, 3.05) is 18.6 Å². The van der Waals surface area contributed by atoms with E-state index in [4.69, 9.17) is 25.9 Å². The highest BCUT2D eigenvalue weighted by molar-refractivity contribution is 6.45. The molecule has 2 rings (SSSR count). The van der Waals surface area contributed by atoms with Gasteiger partial charge in [0.2, 0.25) is 5.71 Å². The van der Waals surface area contributed by atoms with Crippen molar-refractivity contribution in [3.63, 3.8) is 0 Å². The lowest BCUT2D eigenvalue weighted by Crippen LogP contribution is -2.22. The van der Waals surface area contributed by atoms with E-state index < -0.39 is 10.8 Å². The summed E-state index contributed by atoms with van der Waals surface area (Å²) in [6.45, 7) is 0.627. The van der Waals surface area contributed by atoms with Crippen LogP contribution in [0.4, 0.5) is 11.4 Å². The molecule has 10 nitrogen and oxygen atoms in total. The molecule has 0 saturated carbocycles. The summed E-state index contributed by atoms with van der Waals surface area (Å²) in [5.41, 5.74) is 6.78. The molecule has 1 aromatic rings. The number of nitrogens with zero attached hydrogens (tertiary/aromatic N) is 3.